The lowest BCUT2D eigenvalue weighted by Gasteiger charge is -2.19. The minimum atomic E-state index is -0.158. The number of benzene rings is 1. The van der Waals surface area contributed by atoms with Crippen LogP contribution in [0.5, 0.6) is 5.75 Å². The van der Waals surface area contributed by atoms with Gasteiger partial charge in [-0.15, -0.1) is 0 Å². The van der Waals surface area contributed by atoms with Crippen LogP contribution in [0.1, 0.15) is 34.7 Å². The van der Waals surface area contributed by atoms with Gasteiger partial charge in [0.05, 0.1) is 0 Å². The fourth-order valence-electron chi connectivity index (χ4n) is 3.15. The summed E-state index contributed by atoms with van der Waals surface area (Å²) in [5, 5.41) is 28.9. The second-order valence-corrected chi connectivity index (χ2v) is 5.83. The molecule has 0 aromatic heterocycles. The normalized spacial score (nSPS) is 22.3. The molecule has 3 heteroatoms. The molecule has 1 aromatic rings. The molecule has 0 radical (unpaired) electrons. The molecule has 0 fully saturated rings. The van der Waals surface area contributed by atoms with Gasteiger partial charge < -0.3 is 15.3 Å². The summed E-state index contributed by atoms with van der Waals surface area (Å²) in [5.74, 6) is 0.358. The van der Waals surface area contributed by atoms with E-state index in [0.717, 1.165) is 35.1 Å². The molecular weight excluding hydrogens is 228 g/mol. The highest BCUT2D eigenvalue weighted by atomic mass is 16.3. The molecule has 1 aliphatic rings. The van der Waals surface area contributed by atoms with Gasteiger partial charge in [0, 0.05) is 13.2 Å². The standard InChI is InChI=1S/C15H22O3/c1-9-11(4-5-16)10(2)14(18)13-7-15(3,8-17)6-12(9)13/h16-18H,4-8H2,1-3H3/t15-/m0/s1. The first-order valence-electron chi connectivity index (χ1n) is 6.48. The number of aromatic hydroxyl groups is 1. The van der Waals surface area contributed by atoms with E-state index < -0.39 is 0 Å². The Hall–Kier alpha value is -1.06. The Balaban J connectivity index is 2.57. The van der Waals surface area contributed by atoms with E-state index in [-0.39, 0.29) is 18.6 Å². The lowest BCUT2D eigenvalue weighted by atomic mass is 9.88. The molecule has 2 rings (SSSR count). The van der Waals surface area contributed by atoms with E-state index in [1.807, 2.05) is 13.8 Å². The van der Waals surface area contributed by atoms with E-state index in [1.54, 1.807) is 0 Å². The third kappa shape index (κ3) is 1.91. The van der Waals surface area contributed by atoms with Crippen molar-refractivity contribution >= 4 is 0 Å². The van der Waals surface area contributed by atoms with Crippen molar-refractivity contribution in [1.29, 1.82) is 0 Å². The van der Waals surface area contributed by atoms with Gasteiger partial charge >= 0.3 is 0 Å². The molecular formula is C15H22O3. The molecule has 1 atom stereocenters. The number of fused-ring (bicyclic) bond motifs is 1. The van der Waals surface area contributed by atoms with Crippen molar-refractivity contribution in [2.24, 2.45) is 5.41 Å². The van der Waals surface area contributed by atoms with Crippen molar-refractivity contribution in [3.05, 3.63) is 27.8 Å². The maximum absolute atomic E-state index is 10.3. The lowest BCUT2D eigenvalue weighted by molar-refractivity contribution is 0.151. The van der Waals surface area contributed by atoms with Crippen LogP contribution < -0.4 is 0 Å². The number of hydrogen-bond acceptors (Lipinski definition) is 3. The zero-order valence-corrected chi connectivity index (χ0v) is 11.4. The number of hydrogen-bond donors (Lipinski definition) is 3. The molecule has 1 aliphatic carbocycles. The number of aliphatic hydroxyl groups is 2. The van der Waals surface area contributed by atoms with Gasteiger partial charge in [0.25, 0.3) is 0 Å². The molecule has 100 valence electrons. The molecule has 0 bridgehead atoms. The van der Waals surface area contributed by atoms with Gasteiger partial charge in [0.15, 0.2) is 0 Å². The van der Waals surface area contributed by atoms with Crippen LogP contribution in [0.4, 0.5) is 0 Å². The Morgan fingerprint density at radius 2 is 1.67 bits per heavy atom. The molecule has 0 saturated carbocycles. The zero-order valence-electron chi connectivity index (χ0n) is 11.4. The SMILES string of the molecule is Cc1c(O)c2c(c(C)c1CCO)C[C@](C)(CO)C2. The molecule has 0 aliphatic heterocycles. The quantitative estimate of drug-likeness (QED) is 0.764. The van der Waals surface area contributed by atoms with E-state index in [9.17, 15) is 10.2 Å². The van der Waals surface area contributed by atoms with Gasteiger partial charge in [-0.25, -0.2) is 0 Å². The van der Waals surface area contributed by atoms with E-state index in [0.29, 0.717) is 12.2 Å². The van der Waals surface area contributed by atoms with E-state index in [1.165, 1.54) is 5.56 Å². The fraction of sp³-hybridized carbons (Fsp3) is 0.600. The Morgan fingerprint density at radius 1 is 1.06 bits per heavy atom. The molecule has 3 nitrogen and oxygen atoms in total. The summed E-state index contributed by atoms with van der Waals surface area (Å²) in [6.45, 7) is 6.24. The van der Waals surface area contributed by atoms with Crippen molar-refractivity contribution in [3.63, 3.8) is 0 Å². The molecule has 1 aromatic carbocycles. The number of aliphatic hydroxyl groups excluding tert-OH is 2. The smallest absolute Gasteiger partial charge is 0.122 e. The van der Waals surface area contributed by atoms with Crippen LogP contribution in [-0.2, 0) is 19.3 Å². The predicted molar refractivity (Wildman–Crippen MR) is 71.0 cm³/mol. The highest BCUT2D eigenvalue weighted by Crippen LogP contribution is 2.44. The summed E-state index contributed by atoms with van der Waals surface area (Å²) in [4.78, 5) is 0. The van der Waals surface area contributed by atoms with Crippen molar-refractivity contribution in [3.8, 4) is 5.75 Å². The van der Waals surface area contributed by atoms with Gasteiger partial charge in [-0.3, -0.25) is 0 Å². The second kappa shape index (κ2) is 4.56. The summed E-state index contributed by atoms with van der Waals surface area (Å²) in [6, 6.07) is 0. The van der Waals surface area contributed by atoms with Crippen molar-refractivity contribution < 1.29 is 15.3 Å². The molecule has 0 spiro atoms. The predicted octanol–water partition coefficient (Wildman–Crippen LogP) is 1.64. The molecule has 18 heavy (non-hydrogen) atoms. The summed E-state index contributed by atoms with van der Waals surface area (Å²) in [6.07, 6.45) is 2.11. The van der Waals surface area contributed by atoms with Crippen molar-refractivity contribution in [1.82, 2.24) is 0 Å². The fourth-order valence-corrected chi connectivity index (χ4v) is 3.15. The highest BCUT2D eigenvalue weighted by Gasteiger charge is 2.36. The molecule has 0 amide bonds. The van der Waals surface area contributed by atoms with Crippen molar-refractivity contribution in [2.75, 3.05) is 13.2 Å². The van der Waals surface area contributed by atoms with E-state index in [2.05, 4.69) is 6.92 Å². The third-order valence-electron chi connectivity index (χ3n) is 4.31. The second-order valence-electron chi connectivity index (χ2n) is 5.83. The third-order valence-corrected chi connectivity index (χ3v) is 4.31. The molecule has 0 heterocycles. The molecule has 3 N–H and O–H groups in total. The molecule has 0 unspecified atom stereocenters. The Labute approximate surface area is 108 Å². The van der Waals surface area contributed by atoms with Crippen LogP contribution in [0, 0.1) is 19.3 Å². The van der Waals surface area contributed by atoms with Gasteiger partial charge in [0.2, 0.25) is 0 Å². The van der Waals surface area contributed by atoms with Crippen molar-refractivity contribution in [2.45, 2.75) is 40.0 Å². The van der Waals surface area contributed by atoms with Crippen LogP contribution >= 0.6 is 0 Å². The highest BCUT2D eigenvalue weighted by molar-refractivity contribution is 5.57. The van der Waals surface area contributed by atoms with E-state index >= 15 is 0 Å². The Kier molecular flexibility index (Phi) is 3.39. The van der Waals surface area contributed by atoms with Gasteiger partial charge in [-0.1, -0.05) is 6.92 Å². The van der Waals surface area contributed by atoms with Crippen LogP contribution in [-0.4, -0.2) is 28.5 Å². The van der Waals surface area contributed by atoms with Gasteiger partial charge in [0.1, 0.15) is 5.75 Å². The first-order chi connectivity index (χ1) is 8.43. The summed E-state index contributed by atoms with van der Waals surface area (Å²) in [7, 11) is 0. The number of phenolic OH excluding ortho intramolecular Hbond substituents is 1. The van der Waals surface area contributed by atoms with Crippen LogP contribution in [0.2, 0.25) is 0 Å². The number of phenols is 1. The monoisotopic (exact) mass is 250 g/mol. The topological polar surface area (TPSA) is 60.7 Å². The Bertz CT molecular complexity index is 479. The number of rotatable bonds is 3. The maximum atomic E-state index is 10.3. The minimum absolute atomic E-state index is 0.0944. The maximum Gasteiger partial charge on any atom is 0.122 e. The summed E-state index contributed by atoms with van der Waals surface area (Å²) >= 11 is 0. The van der Waals surface area contributed by atoms with Gasteiger partial charge in [-0.2, -0.15) is 0 Å². The average Bonchev–Trinajstić information content (AvgIpc) is 2.71. The molecule has 0 saturated heterocycles. The van der Waals surface area contributed by atoms with Crippen LogP contribution in [0.3, 0.4) is 0 Å². The zero-order chi connectivity index (χ0) is 13.5. The largest absolute Gasteiger partial charge is 0.507 e. The Morgan fingerprint density at radius 3 is 2.22 bits per heavy atom. The lowest BCUT2D eigenvalue weighted by Crippen LogP contribution is -2.21. The van der Waals surface area contributed by atoms with E-state index in [4.69, 9.17) is 5.11 Å². The van der Waals surface area contributed by atoms with Crippen LogP contribution in [0.25, 0.3) is 0 Å². The van der Waals surface area contributed by atoms with Crippen LogP contribution in [0.15, 0.2) is 0 Å². The first kappa shape index (κ1) is 13.4. The van der Waals surface area contributed by atoms with Gasteiger partial charge in [-0.05, 0) is 66.3 Å². The summed E-state index contributed by atoms with van der Waals surface area (Å²) < 4.78 is 0. The average molecular weight is 250 g/mol. The first-order valence-corrected chi connectivity index (χ1v) is 6.48. The summed E-state index contributed by atoms with van der Waals surface area (Å²) in [5.41, 5.74) is 5.10. The minimum Gasteiger partial charge on any atom is -0.507 e.